The van der Waals surface area contributed by atoms with Crippen LogP contribution in [0, 0.1) is 0 Å². The molecule has 0 aliphatic heterocycles. The number of aromatic nitrogens is 3. The molecule has 118 valence electrons. The number of hydrogen-bond donors (Lipinski definition) is 2. The number of nitrogens with zero attached hydrogens (tertiary/aromatic N) is 3. The topological polar surface area (TPSA) is 79.5 Å². The molecule has 1 aromatic carbocycles. The van der Waals surface area contributed by atoms with Crippen LogP contribution < -0.4 is 5.32 Å². The minimum atomic E-state index is -0.325. The highest BCUT2D eigenvalue weighted by molar-refractivity contribution is 7.15. The van der Waals surface area contributed by atoms with E-state index in [4.69, 9.17) is 0 Å². The molecule has 0 aliphatic carbocycles. The minimum Gasteiger partial charge on any atom is -0.506 e. The summed E-state index contributed by atoms with van der Waals surface area (Å²) in [6.45, 7) is 0. The van der Waals surface area contributed by atoms with Gasteiger partial charge in [-0.2, -0.15) is 0 Å². The highest BCUT2D eigenvalue weighted by Gasteiger charge is 2.09. The van der Waals surface area contributed by atoms with Crippen molar-refractivity contribution in [1.82, 2.24) is 14.4 Å². The molecule has 1 amide bonds. The Morgan fingerprint density at radius 1 is 1.21 bits per heavy atom. The molecular formula is C17H12N4O2S. The van der Waals surface area contributed by atoms with Gasteiger partial charge in [0.2, 0.25) is 0 Å². The first-order valence-electron chi connectivity index (χ1n) is 7.17. The molecule has 24 heavy (non-hydrogen) atoms. The maximum absolute atomic E-state index is 12.1. The Morgan fingerprint density at radius 3 is 2.79 bits per heavy atom. The summed E-state index contributed by atoms with van der Waals surface area (Å²) < 4.78 is 1.98. The molecule has 0 bridgehead atoms. The Labute approximate surface area is 141 Å². The molecule has 6 nitrogen and oxygen atoms in total. The zero-order chi connectivity index (χ0) is 16.5. The van der Waals surface area contributed by atoms with Crippen molar-refractivity contribution in [3.05, 3.63) is 66.1 Å². The lowest BCUT2D eigenvalue weighted by atomic mass is 10.1. The van der Waals surface area contributed by atoms with E-state index >= 15 is 0 Å². The number of hydrogen-bond acceptors (Lipinski definition) is 5. The van der Waals surface area contributed by atoms with Crippen LogP contribution in [0.3, 0.4) is 0 Å². The van der Waals surface area contributed by atoms with E-state index in [2.05, 4.69) is 15.3 Å². The number of carbonyl (C=O) groups excluding carboxylic acids is 1. The molecule has 0 aliphatic rings. The number of anilines is 1. The zero-order valence-corrected chi connectivity index (χ0v) is 13.2. The van der Waals surface area contributed by atoms with E-state index in [9.17, 15) is 9.90 Å². The van der Waals surface area contributed by atoms with Gasteiger partial charge in [-0.25, -0.2) is 4.98 Å². The number of imidazole rings is 1. The summed E-state index contributed by atoms with van der Waals surface area (Å²) in [5, 5.41) is 14.1. The van der Waals surface area contributed by atoms with Gasteiger partial charge >= 0.3 is 0 Å². The van der Waals surface area contributed by atoms with Crippen LogP contribution >= 0.6 is 11.3 Å². The van der Waals surface area contributed by atoms with E-state index in [0.717, 1.165) is 16.2 Å². The first kappa shape index (κ1) is 14.4. The fourth-order valence-corrected chi connectivity index (χ4v) is 3.05. The minimum absolute atomic E-state index is 0.0438. The fourth-order valence-electron chi connectivity index (χ4n) is 2.35. The fraction of sp³-hybridized carbons (Fsp3) is 0. The van der Waals surface area contributed by atoms with Gasteiger partial charge in [-0.05, 0) is 18.2 Å². The van der Waals surface area contributed by atoms with E-state index in [1.165, 1.54) is 18.5 Å². The van der Waals surface area contributed by atoms with Gasteiger partial charge in [0.05, 0.1) is 17.5 Å². The Morgan fingerprint density at radius 2 is 2.04 bits per heavy atom. The van der Waals surface area contributed by atoms with E-state index < -0.39 is 0 Å². The highest BCUT2D eigenvalue weighted by atomic mass is 32.1. The third kappa shape index (κ3) is 2.72. The molecule has 0 saturated carbocycles. The van der Waals surface area contributed by atoms with Crippen LogP contribution in [-0.2, 0) is 0 Å². The number of rotatable bonds is 3. The smallest absolute Gasteiger partial charge is 0.257 e. The Hall–Kier alpha value is -3.19. The van der Waals surface area contributed by atoms with Crippen LogP contribution in [-0.4, -0.2) is 25.4 Å². The second kappa shape index (κ2) is 5.78. The van der Waals surface area contributed by atoms with Crippen LogP contribution in [0.25, 0.3) is 16.2 Å². The first-order valence-corrected chi connectivity index (χ1v) is 8.05. The number of thiazole rings is 1. The number of nitrogens with one attached hydrogen (secondary N) is 1. The molecule has 4 aromatic rings. The van der Waals surface area contributed by atoms with Gasteiger partial charge in [0.25, 0.3) is 5.91 Å². The summed E-state index contributed by atoms with van der Waals surface area (Å²) in [6.07, 6.45) is 6.62. The molecule has 0 atom stereocenters. The third-order valence-electron chi connectivity index (χ3n) is 3.52. The third-order valence-corrected chi connectivity index (χ3v) is 4.29. The summed E-state index contributed by atoms with van der Waals surface area (Å²) in [5.41, 5.74) is 2.82. The van der Waals surface area contributed by atoms with E-state index in [1.807, 2.05) is 46.4 Å². The summed E-state index contributed by atoms with van der Waals surface area (Å²) in [6, 6.07) is 8.81. The van der Waals surface area contributed by atoms with Gasteiger partial charge in [0, 0.05) is 35.2 Å². The van der Waals surface area contributed by atoms with E-state index in [-0.39, 0.29) is 11.7 Å². The van der Waals surface area contributed by atoms with Crippen molar-refractivity contribution in [2.45, 2.75) is 0 Å². The predicted molar refractivity (Wildman–Crippen MR) is 92.4 cm³/mol. The van der Waals surface area contributed by atoms with Gasteiger partial charge in [-0.1, -0.05) is 12.1 Å². The van der Waals surface area contributed by atoms with Gasteiger partial charge in [0.1, 0.15) is 5.75 Å². The molecule has 0 fully saturated rings. The quantitative estimate of drug-likeness (QED) is 0.601. The van der Waals surface area contributed by atoms with E-state index in [1.54, 1.807) is 11.3 Å². The summed E-state index contributed by atoms with van der Waals surface area (Å²) in [5.74, 6) is -0.369. The molecule has 4 rings (SSSR count). The standard InChI is InChI=1S/C17H12N4O2S/c22-14-7-12(8-18-9-14)16(23)19-13-3-1-11(2-4-13)15-10-21-5-6-24-17(21)20-15/h1-10,22H,(H,19,23). The summed E-state index contributed by atoms with van der Waals surface area (Å²) in [4.78, 5) is 21.4. The number of amides is 1. The number of aromatic hydroxyl groups is 1. The average Bonchev–Trinajstić information content (AvgIpc) is 3.17. The van der Waals surface area contributed by atoms with Crippen LogP contribution in [0.5, 0.6) is 5.75 Å². The number of pyridine rings is 1. The lowest BCUT2D eigenvalue weighted by Crippen LogP contribution is -2.11. The maximum Gasteiger partial charge on any atom is 0.257 e. The van der Waals surface area contributed by atoms with Crippen molar-refractivity contribution in [3.63, 3.8) is 0 Å². The Bertz CT molecular complexity index is 992. The van der Waals surface area contributed by atoms with Gasteiger partial charge < -0.3 is 10.4 Å². The number of benzene rings is 1. The van der Waals surface area contributed by atoms with Crippen LogP contribution in [0.1, 0.15) is 10.4 Å². The Balaban J connectivity index is 1.53. The second-order valence-electron chi connectivity index (χ2n) is 5.18. The van der Waals surface area contributed by atoms with Crippen LogP contribution in [0.2, 0.25) is 0 Å². The molecule has 0 spiro atoms. The summed E-state index contributed by atoms with van der Waals surface area (Å²) in [7, 11) is 0. The van der Waals surface area contributed by atoms with Crippen molar-refractivity contribution in [2.24, 2.45) is 0 Å². The second-order valence-corrected chi connectivity index (χ2v) is 6.06. The SMILES string of the molecule is O=C(Nc1ccc(-c2cn3ccsc3n2)cc1)c1cncc(O)c1. The van der Waals surface area contributed by atoms with Crippen molar-refractivity contribution < 1.29 is 9.90 Å². The number of fused-ring (bicyclic) bond motifs is 1. The highest BCUT2D eigenvalue weighted by Crippen LogP contribution is 2.23. The predicted octanol–water partition coefficient (Wildman–Crippen LogP) is 3.42. The van der Waals surface area contributed by atoms with Gasteiger partial charge in [0.15, 0.2) is 4.96 Å². The maximum atomic E-state index is 12.1. The number of carbonyl (C=O) groups is 1. The van der Waals surface area contributed by atoms with E-state index in [0.29, 0.717) is 11.3 Å². The lowest BCUT2D eigenvalue weighted by Gasteiger charge is -2.06. The normalized spacial score (nSPS) is 10.8. The van der Waals surface area contributed by atoms with Crippen LogP contribution in [0.15, 0.2) is 60.5 Å². The van der Waals surface area contributed by atoms with Crippen molar-refractivity contribution in [1.29, 1.82) is 0 Å². The zero-order valence-electron chi connectivity index (χ0n) is 12.4. The van der Waals surface area contributed by atoms with Crippen molar-refractivity contribution in [3.8, 4) is 17.0 Å². The van der Waals surface area contributed by atoms with Crippen molar-refractivity contribution in [2.75, 3.05) is 5.32 Å². The molecule has 0 radical (unpaired) electrons. The average molecular weight is 336 g/mol. The van der Waals surface area contributed by atoms with Crippen LogP contribution in [0.4, 0.5) is 5.69 Å². The molecule has 0 saturated heterocycles. The van der Waals surface area contributed by atoms with Crippen molar-refractivity contribution >= 4 is 27.9 Å². The Kier molecular flexibility index (Phi) is 3.47. The summed E-state index contributed by atoms with van der Waals surface area (Å²) >= 11 is 1.58. The monoisotopic (exact) mass is 336 g/mol. The first-order chi connectivity index (χ1) is 11.7. The van der Waals surface area contributed by atoms with Gasteiger partial charge in [-0.15, -0.1) is 11.3 Å². The molecule has 3 aromatic heterocycles. The molecule has 0 unspecified atom stereocenters. The van der Waals surface area contributed by atoms with Gasteiger partial charge in [-0.3, -0.25) is 14.2 Å². The largest absolute Gasteiger partial charge is 0.506 e. The molecular weight excluding hydrogens is 324 g/mol. The molecule has 7 heteroatoms. The molecule has 2 N–H and O–H groups in total. The lowest BCUT2D eigenvalue weighted by molar-refractivity contribution is 0.102. The molecule has 3 heterocycles.